The van der Waals surface area contributed by atoms with E-state index < -0.39 is 23.4 Å². The summed E-state index contributed by atoms with van der Waals surface area (Å²) in [5, 5.41) is 0. The van der Waals surface area contributed by atoms with Crippen molar-refractivity contribution in [3.8, 4) is 34.1 Å². The van der Waals surface area contributed by atoms with Gasteiger partial charge in [-0.05, 0) is 70.3 Å². The van der Waals surface area contributed by atoms with Gasteiger partial charge in [-0.3, -0.25) is 0 Å². The number of aryl methyl sites for hydroxylation is 3. The molecule has 37 heavy (non-hydrogen) atoms. The standard InChI is InChI=1S/C32H25F5/c1-2-3-22-4-6-23(7-5-22)8-9-24-10-12-25(13-11-24)26-14-16-27(17-15-26)28-20-30(33)29(31(34)21-28)18-19-32(35,36)37/h4-7,10-17,20-21H,2-3,8-9H2,1H3. The Kier molecular flexibility index (Phi) is 8.08. The van der Waals surface area contributed by atoms with E-state index in [1.807, 2.05) is 24.3 Å². The van der Waals surface area contributed by atoms with Gasteiger partial charge in [-0.25, -0.2) is 8.78 Å². The molecule has 0 atom stereocenters. The number of hydrogen-bond acceptors (Lipinski definition) is 0. The molecule has 4 aromatic carbocycles. The average Bonchev–Trinajstić information content (AvgIpc) is 2.88. The zero-order valence-corrected chi connectivity index (χ0v) is 20.3. The second kappa shape index (κ2) is 11.4. The zero-order valence-electron chi connectivity index (χ0n) is 20.3. The second-order valence-corrected chi connectivity index (χ2v) is 8.90. The fourth-order valence-corrected chi connectivity index (χ4v) is 4.16. The molecule has 0 spiro atoms. The van der Waals surface area contributed by atoms with E-state index in [1.54, 1.807) is 12.1 Å². The molecule has 0 saturated heterocycles. The maximum absolute atomic E-state index is 14.3. The predicted molar refractivity (Wildman–Crippen MR) is 138 cm³/mol. The summed E-state index contributed by atoms with van der Waals surface area (Å²) < 4.78 is 65.3. The van der Waals surface area contributed by atoms with Crippen molar-refractivity contribution >= 4 is 0 Å². The molecule has 0 aromatic heterocycles. The molecule has 0 aliphatic carbocycles. The van der Waals surface area contributed by atoms with Crippen molar-refractivity contribution < 1.29 is 22.0 Å². The van der Waals surface area contributed by atoms with E-state index in [9.17, 15) is 22.0 Å². The minimum atomic E-state index is -4.83. The Morgan fingerprint density at radius 2 is 0.946 bits per heavy atom. The van der Waals surface area contributed by atoms with Gasteiger partial charge in [0, 0.05) is 5.92 Å². The lowest BCUT2D eigenvalue weighted by molar-refractivity contribution is -0.0696. The lowest BCUT2D eigenvalue weighted by atomic mass is 9.97. The van der Waals surface area contributed by atoms with Gasteiger partial charge in [0.2, 0.25) is 0 Å². The first-order valence-electron chi connectivity index (χ1n) is 12.1. The molecule has 0 heterocycles. The van der Waals surface area contributed by atoms with Crippen LogP contribution < -0.4 is 0 Å². The van der Waals surface area contributed by atoms with Crippen LogP contribution in [0, 0.1) is 23.5 Å². The number of rotatable bonds is 7. The van der Waals surface area contributed by atoms with Crippen LogP contribution in [0.4, 0.5) is 22.0 Å². The lowest BCUT2D eigenvalue weighted by Crippen LogP contribution is -2.02. The Bertz CT molecular complexity index is 1380. The molecule has 0 N–H and O–H groups in total. The van der Waals surface area contributed by atoms with Gasteiger partial charge in [0.25, 0.3) is 0 Å². The molecule has 0 aliphatic heterocycles. The number of benzene rings is 4. The quantitative estimate of drug-likeness (QED) is 0.174. The van der Waals surface area contributed by atoms with E-state index in [0.717, 1.165) is 54.9 Å². The van der Waals surface area contributed by atoms with Crippen LogP contribution in [0.15, 0.2) is 84.9 Å². The van der Waals surface area contributed by atoms with Gasteiger partial charge >= 0.3 is 6.18 Å². The van der Waals surface area contributed by atoms with Crippen molar-refractivity contribution in [1.29, 1.82) is 0 Å². The normalized spacial score (nSPS) is 11.2. The number of hydrogen-bond donors (Lipinski definition) is 0. The van der Waals surface area contributed by atoms with Gasteiger partial charge < -0.3 is 0 Å². The highest BCUT2D eigenvalue weighted by Crippen LogP contribution is 2.28. The predicted octanol–water partition coefficient (Wildman–Crippen LogP) is 8.95. The second-order valence-electron chi connectivity index (χ2n) is 8.90. The average molecular weight is 505 g/mol. The molecule has 0 radical (unpaired) electrons. The van der Waals surface area contributed by atoms with Gasteiger partial charge in [0.15, 0.2) is 0 Å². The summed E-state index contributed by atoms with van der Waals surface area (Å²) in [5.41, 5.74) is 5.72. The van der Waals surface area contributed by atoms with Crippen LogP contribution in [0.1, 0.15) is 35.6 Å². The Balaban J connectivity index is 1.43. The highest BCUT2D eigenvalue weighted by Gasteiger charge is 2.23. The van der Waals surface area contributed by atoms with E-state index in [-0.39, 0.29) is 5.56 Å². The molecular formula is C32H25F5. The fourth-order valence-electron chi connectivity index (χ4n) is 4.16. The van der Waals surface area contributed by atoms with E-state index in [2.05, 4.69) is 43.3 Å². The van der Waals surface area contributed by atoms with Gasteiger partial charge in [-0.2, -0.15) is 13.2 Å². The number of halogens is 5. The molecule has 4 rings (SSSR count). The van der Waals surface area contributed by atoms with Crippen molar-refractivity contribution in [1.82, 2.24) is 0 Å². The summed E-state index contributed by atoms with van der Waals surface area (Å²) in [4.78, 5) is 0. The topological polar surface area (TPSA) is 0 Å². The fraction of sp³-hybridized carbons (Fsp3) is 0.188. The van der Waals surface area contributed by atoms with Gasteiger partial charge in [0.1, 0.15) is 11.6 Å². The van der Waals surface area contributed by atoms with E-state index in [0.29, 0.717) is 5.56 Å². The highest BCUT2D eigenvalue weighted by molar-refractivity contribution is 5.71. The van der Waals surface area contributed by atoms with Crippen LogP contribution in [0.3, 0.4) is 0 Å². The SMILES string of the molecule is CCCc1ccc(CCc2ccc(-c3ccc(-c4cc(F)c(C#CC(F)(F)F)c(F)c4)cc3)cc2)cc1. The van der Waals surface area contributed by atoms with Crippen LogP contribution in [0.25, 0.3) is 22.3 Å². The molecular weight excluding hydrogens is 479 g/mol. The molecule has 0 bridgehead atoms. The highest BCUT2D eigenvalue weighted by atomic mass is 19.4. The molecule has 0 amide bonds. The maximum Gasteiger partial charge on any atom is 0.458 e. The first-order valence-corrected chi connectivity index (χ1v) is 12.1. The van der Waals surface area contributed by atoms with Crippen LogP contribution in [-0.4, -0.2) is 6.18 Å². The smallest absolute Gasteiger partial charge is 0.205 e. The van der Waals surface area contributed by atoms with Crippen LogP contribution in [0.5, 0.6) is 0 Å². The largest absolute Gasteiger partial charge is 0.458 e. The minimum absolute atomic E-state index is 0.220. The summed E-state index contributed by atoms with van der Waals surface area (Å²) >= 11 is 0. The Morgan fingerprint density at radius 1 is 0.568 bits per heavy atom. The first-order chi connectivity index (χ1) is 17.7. The third-order valence-electron chi connectivity index (χ3n) is 6.14. The molecule has 0 aliphatic rings. The third kappa shape index (κ3) is 7.07. The van der Waals surface area contributed by atoms with E-state index >= 15 is 0 Å². The zero-order chi connectivity index (χ0) is 26.4. The summed E-state index contributed by atoms with van der Waals surface area (Å²) in [6.45, 7) is 2.18. The molecule has 5 heteroatoms. The van der Waals surface area contributed by atoms with Gasteiger partial charge in [-0.1, -0.05) is 92.1 Å². The molecule has 188 valence electrons. The summed E-state index contributed by atoms with van der Waals surface area (Å²) in [6, 6.07) is 26.2. The summed E-state index contributed by atoms with van der Waals surface area (Å²) in [5.74, 6) is 0.164. The Labute approximate surface area is 213 Å². The van der Waals surface area contributed by atoms with E-state index in [1.165, 1.54) is 22.6 Å². The third-order valence-corrected chi connectivity index (χ3v) is 6.14. The van der Waals surface area contributed by atoms with Crippen LogP contribution in [0.2, 0.25) is 0 Å². The van der Waals surface area contributed by atoms with Crippen molar-refractivity contribution in [2.45, 2.75) is 38.8 Å². The molecule has 4 aromatic rings. The summed E-state index contributed by atoms with van der Waals surface area (Å²) in [7, 11) is 0. The van der Waals surface area contributed by atoms with E-state index in [4.69, 9.17) is 0 Å². The van der Waals surface area contributed by atoms with Crippen molar-refractivity contribution in [2.24, 2.45) is 0 Å². The Hall–Kier alpha value is -3.91. The molecule has 0 fully saturated rings. The van der Waals surface area contributed by atoms with Gasteiger partial charge in [-0.15, -0.1) is 0 Å². The molecule has 0 unspecified atom stereocenters. The molecule has 0 saturated carbocycles. The maximum atomic E-state index is 14.3. The number of alkyl halides is 3. The monoisotopic (exact) mass is 504 g/mol. The van der Waals surface area contributed by atoms with Crippen LogP contribution >= 0.6 is 0 Å². The lowest BCUT2D eigenvalue weighted by Gasteiger charge is -2.08. The van der Waals surface area contributed by atoms with Crippen molar-refractivity contribution in [3.63, 3.8) is 0 Å². The minimum Gasteiger partial charge on any atom is -0.205 e. The van der Waals surface area contributed by atoms with Crippen molar-refractivity contribution in [2.75, 3.05) is 0 Å². The Morgan fingerprint density at radius 3 is 1.38 bits per heavy atom. The first kappa shape index (κ1) is 26.2. The summed E-state index contributed by atoms with van der Waals surface area (Å²) in [6.07, 6.45) is -0.682. The van der Waals surface area contributed by atoms with Crippen LogP contribution in [-0.2, 0) is 19.3 Å². The molecule has 0 nitrogen and oxygen atoms in total. The van der Waals surface area contributed by atoms with Gasteiger partial charge in [0.05, 0.1) is 5.56 Å². The van der Waals surface area contributed by atoms with Crippen molar-refractivity contribution in [3.05, 3.63) is 119 Å².